The summed E-state index contributed by atoms with van der Waals surface area (Å²) in [6.45, 7) is 5.79. The van der Waals surface area contributed by atoms with Crippen molar-refractivity contribution >= 4 is 0 Å². The van der Waals surface area contributed by atoms with E-state index in [2.05, 4.69) is 0 Å². The van der Waals surface area contributed by atoms with E-state index in [0.717, 1.165) is 0 Å². The van der Waals surface area contributed by atoms with E-state index >= 15 is 0 Å². The van der Waals surface area contributed by atoms with Crippen molar-refractivity contribution in [2.75, 3.05) is 6.79 Å². The van der Waals surface area contributed by atoms with Crippen molar-refractivity contribution in [1.29, 1.82) is 0 Å². The van der Waals surface area contributed by atoms with Gasteiger partial charge in [0.05, 0.1) is 0 Å². The first-order valence-corrected chi connectivity index (χ1v) is 6.91. The molecule has 22 heavy (non-hydrogen) atoms. The highest BCUT2D eigenvalue weighted by Crippen LogP contribution is 2.38. The van der Waals surface area contributed by atoms with Gasteiger partial charge in [-0.25, -0.2) is 8.78 Å². The summed E-state index contributed by atoms with van der Waals surface area (Å²) in [5, 5.41) is 0. The SMILES string of the molecule is CC(C)(C)c1cc(F)c(Oc2ccc3c(c2)OCO3)c(F)c1. The topological polar surface area (TPSA) is 27.7 Å². The van der Waals surface area contributed by atoms with Crippen LogP contribution in [-0.4, -0.2) is 6.79 Å². The van der Waals surface area contributed by atoms with Crippen LogP contribution in [0.25, 0.3) is 0 Å². The molecule has 0 unspecified atom stereocenters. The molecule has 116 valence electrons. The molecule has 2 aromatic rings. The molecule has 3 rings (SSSR count). The molecule has 0 atom stereocenters. The van der Waals surface area contributed by atoms with Crippen LogP contribution in [0.1, 0.15) is 26.3 Å². The van der Waals surface area contributed by atoms with E-state index < -0.39 is 17.4 Å². The Morgan fingerprint density at radius 1 is 0.955 bits per heavy atom. The maximum atomic E-state index is 14.2. The van der Waals surface area contributed by atoms with Gasteiger partial charge >= 0.3 is 0 Å². The Kier molecular flexibility index (Phi) is 3.43. The fourth-order valence-electron chi connectivity index (χ4n) is 2.15. The van der Waals surface area contributed by atoms with Crippen molar-refractivity contribution in [1.82, 2.24) is 0 Å². The van der Waals surface area contributed by atoms with E-state index in [4.69, 9.17) is 14.2 Å². The minimum Gasteiger partial charge on any atom is -0.454 e. The molecule has 1 aliphatic heterocycles. The molecule has 0 bridgehead atoms. The molecular formula is C17H16F2O3. The second-order valence-electron chi connectivity index (χ2n) is 6.14. The van der Waals surface area contributed by atoms with Crippen LogP contribution in [0.5, 0.6) is 23.0 Å². The lowest BCUT2D eigenvalue weighted by atomic mass is 9.87. The first-order valence-electron chi connectivity index (χ1n) is 6.91. The van der Waals surface area contributed by atoms with Crippen LogP contribution < -0.4 is 14.2 Å². The van der Waals surface area contributed by atoms with Gasteiger partial charge in [0.1, 0.15) is 5.75 Å². The van der Waals surface area contributed by atoms with E-state index in [0.29, 0.717) is 17.1 Å². The van der Waals surface area contributed by atoms with Crippen LogP contribution in [0.15, 0.2) is 30.3 Å². The van der Waals surface area contributed by atoms with Gasteiger partial charge in [-0.3, -0.25) is 0 Å². The molecule has 0 fully saturated rings. The highest BCUT2D eigenvalue weighted by Gasteiger charge is 2.21. The van der Waals surface area contributed by atoms with Crippen molar-refractivity contribution in [3.63, 3.8) is 0 Å². The Morgan fingerprint density at radius 2 is 1.59 bits per heavy atom. The zero-order valence-electron chi connectivity index (χ0n) is 12.6. The lowest BCUT2D eigenvalue weighted by Crippen LogP contribution is -2.12. The summed E-state index contributed by atoms with van der Waals surface area (Å²) in [4.78, 5) is 0. The summed E-state index contributed by atoms with van der Waals surface area (Å²) >= 11 is 0. The Morgan fingerprint density at radius 3 is 2.23 bits per heavy atom. The van der Waals surface area contributed by atoms with Gasteiger partial charge in [-0.1, -0.05) is 20.8 Å². The van der Waals surface area contributed by atoms with Crippen LogP contribution >= 0.6 is 0 Å². The third-order valence-corrected chi connectivity index (χ3v) is 3.43. The van der Waals surface area contributed by atoms with E-state index in [9.17, 15) is 8.78 Å². The van der Waals surface area contributed by atoms with Gasteiger partial charge in [-0.15, -0.1) is 0 Å². The molecule has 0 amide bonds. The largest absolute Gasteiger partial charge is 0.454 e. The predicted octanol–water partition coefficient (Wildman–Crippen LogP) is 4.78. The molecule has 1 heterocycles. The monoisotopic (exact) mass is 306 g/mol. The molecule has 0 aromatic heterocycles. The first-order chi connectivity index (χ1) is 10.3. The van der Waals surface area contributed by atoms with Crippen LogP contribution in [0.2, 0.25) is 0 Å². The summed E-state index contributed by atoms with van der Waals surface area (Å²) in [5.74, 6) is -0.538. The molecule has 0 saturated carbocycles. The van der Waals surface area contributed by atoms with Gasteiger partial charge in [0.15, 0.2) is 28.9 Å². The molecule has 0 N–H and O–H groups in total. The van der Waals surface area contributed by atoms with Crippen molar-refractivity contribution in [2.24, 2.45) is 0 Å². The molecular weight excluding hydrogens is 290 g/mol. The zero-order chi connectivity index (χ0) is 15.9. The van der Waals surface area contributed by atoms with Crippen molar-refractivity contribution in [3.8, 4) is 23.0 Å². The maximum Gasteiger partial charge on any atom is 0.231 e. The Labute approximate surface area is 127 Å². The molecule has 3 nitrogen and oxygen atoms in total. The standard InChI is InChI=1S/C17H16F2O3/c1-17(2,3)10-6-12(18)16(13(19)7-10)22-11-4-5-14-15(8-11)21-9-20-14/h4-8H,9H2,1-3H3. The van der Waals surface area contributed by atoms with Crippen molar-refractivity contribution < 1.29 is 23.0 Å². The highest BCUT2D eigenvalue weighted by molar-refractivity contribution is 5.48. The summed E-state index contributed by atoms with van der Waals surface area (Å²) in [5.41, 5.74) is 0.222. The summed E-state index contributed by atoms with van der Waals surface area (Å²) in [6, 6.07) is 7.34. The number of hydrogen-bond acceptors (Lipinski definition) is 3. The number of fused-ring (bicyclic) bond motifs is 1. The third kappa shape index (κ3) is 2.71. The van der Waals surface area contributed by atoms with E-state index in [1.165, 1.54) is 12.1 Å². The normalized spacial score (nSPS) is 13.3. The van der Waals surface area contributed by atoms with Gasteiger partial charge in [0, 0.05) is 6.07 Å². The Hall–Kier alpha value is -2.30. The van der Waals surface area contributed by atoms with Crippen LogP contribution in [-0.2, 0) is 5.41 Å². The van der Waals surface area contributed by atoms with Gasteiger partial charge in [0.25, 0.3) is 0 Å². The predicted molar refractivity (Wildman–Crippen MR) is 77.7 cm³/mol. The fraction of sp³-hybridized carbons (Fsp3) is 0.294. The number of benzene rings is 2. The van der Waals surface area contributed by atoms with Gasteiger partial charge < -0.3 is 14.2 Å². The first kappa shape index (κ1) is 14.6. The number of hydrogen-bond donors (Lipinski definition) is 0. The third-order valence-electron chi connectivity index (χ3n) is 3.43. The summed E-state index contributed by atoms with van der Waals surface area (Å²) in [6.07, 6.45) is 0. The van der Waals surface area contributed by atoms with Gasteiger partial charge in [-0.2, -0.15) is 0 Å². The molecule has 0 aliphatic carbocycles. The number of rotatable bonds is 2. The van der Waals surface area contributed by atoms with Crippen LogP contribution in [0.3, 0.4) is 0 Å². The van der Waals surface area contributed by atoms with Crippen molar-refractivity contribution in [2.45, 2.75) is 26.2 Å². The van der Waals surface area contributed by atoms with Gasteiger partial charge in [0.2, 0.25) is 6.79 Å². The summed E-state index contributed by atoms with van der Waals surface area (Å²) < 4.78 is 44.1. The second-order valence-corrected chi connectivity index (χ2v) is 6.14. The molecule has 5 heteroatoms. The number of ether oxygens (including phenoxy) is 3. The van der Waals surface area contributed by atoms with Crippen LogP contribution in [0.4, 0.5) is 8.78 Å². The quantitative estimate of drug-likeness (QED) is 0.799. The molecule has 2 aromatic carbocycles. The lowest BCUT2D eigenvalue weighted by molar-refractivity contribution is 0.174. The average Bonchev–Trinajstić information content (AvgIpc) is 2.89. The molecule has 1 aliphatic rings. The average molecular weight is 306 g/mol. The Bertz CT molecular complexity index is 697. The fourth-order valence-corrected chi connectivity index (χ4v) is 2.15. The van der Waals surface area contributed by atoms with E-state index in [1.54, 1.807) is 18.2 Å². The highest BCUT2D eigenvalue weighted by atomic mass is 19.1. The number of halogens is 2. The van der Waals surface area contributed by atoms with Gasteiger partial charge in [-0.05, 0) is 35.2 Å². The second kappa shape index (κ2) is 5.16. The minimum absolute atomic E-state index is 0.127. The molecule has 0 spiro atoms. The maximum absolute atomic E-state index is 14.2. The lowest BCUT2D eigenvalue weighted by Gasteiger charge is -2.20. The van der Waals surface area contributed by atoms with E-state index in [1.807, 2.05) is 20.8 Å². The van der Waals surface area contributed by atoms with Crippen molar-refractivity contribution in [3.05, 3.63) is 47.5 Å². The summed E-state index contributed by atoms with van der Waals surface area (Å²) in [7, 11) is 0. The molecule has 0 radical (unpaired) electrons. The zero-order valence-corrected chi connectivity index (χ0v) is 12.6. The van der Waals surface area contributed by atoms with Crippen LogP contribution in [0, 0.1) is 11.6 Å². The van der Waals surface area contributed by atoms with E-state index in [-0.39, 0.29) is 18.0 Å². The minimum atomic E-state index is -0.734. The molecule has 0 saturated heterocycles. The smallest absolute Gasteiger partial charge is 0.231 e. The Balaban J connectivity index is 1.92.